The molecule has 2 heteroatoms. The van der Waals surface area contributed by atoms with Gasteiger partial charge in [0.15, 0.2) is 0 Å². The zero-order chi connectivity index (χ0) is 7.82. The molecule has 1 atom stereocenters. The lowest BCUT2D eigenvalue weighted by Crippen LogP contribution is -1.91. The van der Waals surface area contributed by atoms with Gasteiger partial charge in [-0.1, -0.05) is 63.8 Å². The molecule has 0 aliphatic heterocycles. The van der Waals surface area contributed by atoms with Crippen LogP contribution in [0.4, 0.5) is 0 Å². The van der Waals surface area contributed by atoms with E-state index < -0.39 is 0 Å². The normalized spacial score (nSPS) is 14.3. The van der Waals surface area contributed by atoms with Crippen LogP contribution >= 0.6 is 31.9 Å². The van der Waals surface area contributed by atoms with Crippen molar-refractivity contribution in [2.45, 2.75) is 31.0 Å². The lowest BCUT2D eigenvalue weighted by molar-refractivity contribution is 0.743. The molecular formula is C8H14Br2. The number of hydrogen-bond acceptors (Lipinski definition) is 0. The van der Waals surface area contributed by atoms with Gasteiger partial charge in [-0.25, -0.2) is 0 Å². The van der Waals surface area contributed by atoms with Gasteiger partial charge in [0, 0.05) is 10.2 Å². The van der Waals surface area contributed by atoms with Crippen molar-refractivity contribution < 1.29 is 0 Å². The Balaban J connectivity index is 3.24. The van der Waals surface area contributed by atoms with Crippen molar-refractivity contribution in [2.75, 3.05) is 5.33 Å². The van der Waals surface area contributed by atoms with Crippen LogP contribution in [0.2, 0.25) is 0 Å². The molecular weight excluding hydrogens is 256 g/mol. The van der Waals surface area contributed by atoms with Crippen LogP contribution in [0.5, 0.6) is 0 Å². The van der Waals surface area contributed by atoms with E-state index in [4.69, 9.17) is 0 Å². The van der Waals surface area contributed by atoms with Crippen LogP contribution in [0.1, 0.15) is 26.2 Å². The van der Waals surface area contributed by atoms with Gasteiger partial charge in [-0.15, -0.1) is 0 Å². The van der Waals surface area contributed by atoms with E-state index in [0.717, 1.165) is 5.33 Å². The molecule has 0 aromatic rings. The van der Waals surface area contributed by atoms with E-state index in [2.05, 4.69) is 50.9 Å². The number of unbranched alkanes of at least 4 members (excludes halogenated alkanes) is 1. The maximum absolute atomic E-state index is 3.57. The van der Waals surface area contributed by atoms with Crippen molar-refractivity contribution in [3.05, 3.63) is 12.2 Å². The molecule has 0 fully saturated rings. The second-order valence-corrected chi connectivity index (χ2v) is 4.06. The maximum atomic E-state index is 3.57. The highest BCUT2D eigenvalue weighted by molar-refractivity contribution is 9.09. The topological polar surface area (TPSA) is 0 Å². The molecule has 1 unspecified atom stereocenters. The third kappa shape index (κ3) is 6.81. The fraction of sp³-hybridized carbons (Fsp3) is 0.750. The summed E-state index contributed by atoms with van der Waals surface area (Å²) in [6.07, 6.45) is 8.17. The summed E-state index contributed by atoms with van der Waals surface area (Å²) in [5, 5.41) is 0.960. The third-order valence-electron chi connectivity index (χ3n) is 1.27. The predicted octanol–water partition coefficient (Wildman–Crippen LogP) is 3.89. The maximum Gasteiger partial charge on any atom is 0.0325 e. The Kier molecular flexibility index (Phi) is 8.35. The Hall–Kier alpha value is 0.700. The summed E-state index contributed by atoms with van der Waals surface area (Å²) in [5.41, 5.74) is 0. The van der Waals surface area contributed by atoms with Crippen molar-refractivity contribution >= 4 is 31.9 Å². The molecule has 0 amide bonds. The molecule has 0 heterocycles. The zero-order valence-corrected chi connectivity index (χ0v) is 9.49. The van der Waals surface area contributed by atoms with E-state index in [0.29, 0.717) is 4.83 Å². The molecule has 0 aromatic carbocycles. The molecule has 0 spiro atoms. The number of alkyl halides is 2. The predicted molar refractivity (Wildman–Crippen MR) is 55.2 cm³/mol. The van der Waals surface area contributed by atoms with Gasteiger partial charge < -0.3 is 0 Å². The number of allylic oxidation sites excluding steroid dienone is 2. The van der Waals surface area contributed by atoms with Gasteiger partial charge in [-0.3, -0.25) is 0 Å². The molecule has 60 valence electrons. The number of halogens is 2. The standard InChI is InChI=1S/C8H14Br2/c1-2-3-5-8(10)6-4-7-9/h4,6,8H,2-3,5,7H2,1H3. The third-order valence-corrected chi connectivity index (χ3v) is 2.40. The summed E-state index contributed by atoms with van der Waals surface area (Å²) in [4.78, 5) is 0.574. The average Bonchev–Trinajstić information content (AvgIpc) is 1.97. The lowest BCUT2D eigenvalue weighted by Gasteiger charge is -2.00. The Morgan fingerprint density at radius 3 is 2.70 bits per heavy atom. The monoisotopic (exact) mass is 268 g/mol. The minimum Gasteiger partial charge on any atom is -0.0883 e. The lowest BCUT2D eigenvalue weighted by atomic mass is 10.2. The average molecular weight is 270 g/mol. The van der Waals surface area contributed by atoms with Crippen LogP contribution in [0.15, 0.2) is 12.2 Å². The molecule has 0 aliphatic carbocycles. The molecule has 0 rings (SSSR count). The second-order valence-electron chi connectivity index (χ2n) is 2.24. The van der Waals surface area contributed by atoms with E-state index >= 15 is 0 Å². The molecule has 0 bridgehead atoms. The van der Waals surface area contributed by atoms with Gasteiger partial charge in [0.1, 0.15) is 0 Å². The van der Waals surface area contributed by atoms with Gasteiger partial charge >= 0.3 is 0 Å². The van der Waals surface area contributed by atoms with Crippen LogP contribution in [0, 0.1) is 0 Å². The molecule has 10 heavy (non-hydrogen) atoms. The van der Waals surface area contributed by atoms with Gasteiger partial charge in [0.2, 0.25) is 0 Å². The molecule has 0 N–H and O–H groups in total. The van der Waals surface area contributed by atoms with Crippen molar-refractivity contribution in [3.63, 3.8) is 0 Å². The zero-order valence-electron chi connectivity index (χ0n) is 6.32. The Morgan fingerprint density at radius 2 is 2.20 bits per heavy atom. The molecule has 0 aromatic heterocycles. The quantitative estimate of drug-likeness (QED) is 0.525. The van der Waals surface area contributed by atoms with Crippen LogP contribution in [0.3, 0.4) is 0 Å². The fourth-order valence-electron chi connectivity index (χ4n) is 0.694. The van der Waals surface area contributed by atoms with Gasteiger partial charge in [0.05, 0.1) is 0 Å². The highest BCUT2D eigenvalue weighted by Crippen LogP contribution is 2.10. The highest BCUT2D eigenvalue weighted by Gasteiger charge is 1.95. The Morgan fingerprint density at radius 1 is 1.50 bits per heavy atom. The number of hydrogen-bond donors (Lipinski definition) is 0. The minimum atomic E-state index is 0.574. The van der Waals surface area contributed by atoms with E-state index in [1.807, 2.05) is 0 Å². The summed E-state index contributed by atoms with van der Waals surface area (Å²) in [7, 11) is 0. The van der Waals surface area contributed by atoms with Crippen molar-refractivity contribution in [1.82, 2.24) is 0 Å². The van der Waals surface area contributed by atoms with Gasteiger partial charge in [0.25, 0.3) is 0 Å². The molecule has 0 saturated heterocycles. The van der Waals surface area contributed by atoms with Crippen LogP contribution in [-0.4, -0.2) is 10.2 Å². The van der Waals surface area contributed by atoms with E-state index in [1.54, 1.807) is 0 Å². The molecule has 0 saturated carbocycles. The summed E-state index contributed by atoms with van der Waals surface area (Å²) < 4.78 is 0. The molecule has 0 radical (unpaired) electrons. The first-order valence-electron chi connectivity index (χ1n) is 3.68. The first-order chi connectivity index (χ1) is 4.81. The minimum absolute atomic E-state index is 0.574. The Bertz CT molecular complexity index is 89.3. The first kappa shape index (κ1) is 10.7. The summed E-state index contributed by atoms with van der Waals surface area (Å²) >= 11 is 6.91. The highest BCUT2D eigenvalue weighted by atomic mass is 79.9. The molecule has 0 nitrogen and oxygen atoms in total. The number of rotatable bonds is 5. The smallest absolute Gasteiger partial charge is 0.0325 e. The van der Waals surface area contributed by atoms with E-state index in [1.165, 1.54) is 19.3 Å². The largest absolute Gasteiger partial charge is 0.0883 e. The second kappa shape index (κ2) is 7.80. The van der Waals surface area contributed by atoms with Crippen LogP contribution in [0.25, 0.3) is 0 Å². The van der Waals surface area contributed by atoms with Gasteiger partial charge in [-0.05, 0) is 6.42 Å². The fourth-order valence-corrected chi connectivity index (χ4v) is 1.45. The van der Waals surface area contributed by atoms with Gasteiger partial charge in [-0.2, -0.15) is 0 Å². The van der Waals surface area contributed by atoms with Crippen molar-refractivity contribution in [1.29, 1.82) is 0 Å². The summed E-state index contributed by atoms with van der Waals surface area (Å²) in [6.45, 7) is 2.22. The van der Waals surface area contributed by atoms with E-state index in [9.17, 15) is 0 Å². The summed E-state index contributed by atoms with van der Waals surface area (Å²) in [5.74, 6) is 0. The SMILES string of the molecule is CCCCC(Br)C=CCBr. The van der Waals surface area contributed by atoms with Crippen molar-refractivity contribution in [3.8, 4) is 0 Å². The van der Waals surface area contributed by atoms with E-state index in [-0.39, 0.29) is 0 Å². The summed E-state index contributed by atoms with van der Waals surface area (Å²) in [6, 6.07) is 0. The van der Waals surface area contributed by atoms with Crippen LogP contribution in [-0.2, 0) is 0 Å². The first-order valence-corrected chi connectivity index (χ1v) is 5.71. The van der Waals surface area contributed by atoms with Crippen LogP contribution < -0.4 is 0 Å². The molecule has 0 aliphatic rings. The Labute approximate surface area is 80.3 Å². The van der Waals surface area contributed by atoms with Crippen molar-refractivity contribution in [2.24, 2.45) is 0 Å².